The molecular formula is C12H12BrNO. The lowest BCUT2D eigenvalue weighted by Crippen LogP contribution is -2.27. The highest BCUT2D eigenvalue weighted by atomic mass is 79.9. The van der Waals surface area contributed by atoms with Crippen LogP contribution in [0.5, 0.6) is 0 Å². The molecule has 0 saturated heterocycles. The van der Waals surface area contributed by atoms with Gasteiger partial charge in [0.25, 0.3) is 5.91 Å². The zero-order valence-corrected chi connectivity index (χ0v) is 10.3. The molecule has 0 spiro atoms. The minimum Gasteiger partial charge on any atom is -0.331 e. The Balaban J connectivity index is 2.97. The van der Waals surface area contributed by atoms with Gasteiger partial charge in [0.2, 0.25) is 0 Å². The Morgan fingerprint density at radius 3 is 2.80 bits per heavy atom. The van der Waals surface area contributed by atoms with Gasteiger partial charge in [0.1, 0.15) is 0 Å². The molecule has 0 aromatic heterocycles. The van der Waals surface area contributed by atoms with Gasteiger partial charge in [-0.25, -0.2) is 0 Å². The predicted molar refractivity (Wildman–Crippen MR) is 64.7 cm³/mol. The number of hydrogen-bond acceptors (Lipinski definition) is 1. The van der Waals surface area contributed by atoms with Crippen molar-refractivity contribution in [2.75, 3.05) is 13.6 Å². The average Bonchev–Trinajstić information content (AvgIpc) is 2.17. The van der Waals surface area contributed by atoms with Crippen molar-refractivity contribution >= 4 is 21.8 Å². The third-order valence-corrected chi connectivity index (χ3v) is 2.59. The van der Waals surface area contributed by atoms with E-state index in [9.17, 15) is 4.79 Å². The lowest BCUT2D eigenvalue weighted by molar-refractivity contribution is 0.0812. The zero-order chi connectivity index (χ0) is 11.4. The zero-order valence-electron chi connectivity index (χ0n) is 8.75. The average molecular weight is 266 g/mol. The second kappa shape index (κ2) is 4.99. The topological polar surface area (TPSA) is 20.3 Å². The number of terminal acetylenes is 1. The molecule has 1 rings (SSSR count). The standard InChI is InChI=1S/C12H12BrNO/c1-4-7-14(3)12(15)11-6-5-10(13)8-9(11)2/h1,5-6,8H,7H2,2-3H3. The maximum absolute atomic E-state index is 11.9. The molecule has 15 heavy (non-hydrogen) atoms. The Morgan fingerprint density at radius 2 is 2.27 bits per heavy atom. The molecule has 2 nitrogen and oxygen atoms in total. The van der Waals surface area contributed by atoms with Crippen molar-refractivity contribution in [3.63, 3.8) is 0 Å². The van der Waals surface area contributed by atoms with Gasteiger partial charge in [-0.15, -0.1) is 6.42 Å². The van der Waals surface area contributed by atoms with Crippen molar-refractivity contribution in [2.45, 2.75) is 6.92 Å². The van der Waals surface area contributed by atoms with Crippen LogP contribution in [0.1, 0.15) is 15.9 Å². The van der Waals surface area contributed by atoms with E-state index in [4.69, 9.17) is 6.42 Å². The number of amides is 1. The van der Waals surface area contributed by atoms with Crippen LogP contribution < -0.4 is 0 Å². The van der Waals surface area contributed by atoms with Crippen LogP contribution in [0.4, 0.5) is 0 Å². The van der Waals surface area contributed by atoms with Gasteiger partial charge < -0.3 is 4.90 Å². The number of carbonyl (C=O) groups is 1. The Bertz CT molecular complexity index is 420. The highest BCUT2D eigenvalue weighted by molar-refractivity contribution is 9.10. The fourth-order valence-electron chi connectivity index (χ4n) is 1.28. The molecule has 0 aliphatic rings. The first-order chi connectivity index (χ1) is 7.06. The van der Waals surface area contributed by atoms with Gasteiger partial charge in [0, 0.05) is 17.1 Å². The number of carbonyl (C=O) groups excluding carboxylic acids is 1. The number of rotatable bonds is 2. The first-order valence-corrected chi connectivity index (χ1v) is 5.30. The summed E-state index contributed by atoms with van der Waals surface area (Å²) in [5, 5.41) is 0. The van der Waals surface area contributed by atoms with E-state index in [1.165, 1.54) is 4.90 Å². The monoisotopic (exact) mass is 265 g/mol. The molecule has 0 unspecified atom stereocenters. The van der Waals surface area contributed by atoms with E-state index in [1.54, 1.807) is 13.1 Å². The van der Waals surface area contributed by atoms with Crippen molar-refractivity contribution < 1.29 is 4.79 Å². The van der Waals surface area contributed by atoms with Crippen LogP contribution in [0.2, 0.25) is 0 Å². The molecule has 0 fully saturated rings. The van der Waals surface area contributed by atoms with Gasteiger partial charge in [0.05, 0.1) is 6.54 Å². The minimum absolute atomic E-state index is 0.0436. The van der Waals surface area contributed by atoms with Crippen molar-refractivity contribution in [3.05, 3.63) is 33.8 Å². The maximum Gasteiger partial charge on any atom is 0.254 e. The van der Waals surface area contributed by atoms with Gasteiger partial charge in [-0.1, -0.05) is 21.9 Å². The highest BCUT2D eigenvalue weighted by Gasteiger charge is 2.12. The van der Waals surface area contributed by atoms with Gasteiger partial charge in [0.15, 0.2) is 0 Å². The SMILES string of the molecule is C#CCN(C)C(=O)c1ccc(Br)cc1C. The van der Waals surface area contributed by atoms with Crippen molar-refractivity contribution in [3.8, 4) is 12.3 Å². The molecule has 0 bridgehead atoms. The first-order valence-electron chi connectivity index (χ1n) is 4.51. The van der Waals surface area contributed by atoms with E-state index in [-0.39, 0.29) is 5.91 Å². The highest BCUT2D eigenvalue weighted by Crippen LogP contribution is 2.16. The molecule has 78 valence electrons. The van der Waals surface area contributed by atoms with E-state index in [0.29, 0.717) is 12.1 Å². The second-order valence-electron chi connectivity index (χ2n) is 3.32. The summed E-state index contributed by atoms with van der Waals surface area (Å²) in [6.45, 7) is 2.23. The van der Waals surface area contributed by atoms with E-state index in [2.05, 4.69) is 21.9 Å². The summed E-state index contributed by atoms with van der Waals surface area (Å²) in [4.78, 5) is 13.4. The van der Waals surface area contributed by atoms with Crippen LogP contribution in [0.25, 0.3) is 0 Å². The van der Waals surface area contributed by atoms with Crippen molar-refractivity contribution in [1.82, 2.24) is 4.90 Å². The van der Waals surface area contributed by atoms with Crippen LogP contribution in [-0.4, -0.2) is 24.4 Å². The predicted octanol–water partition coefficient (Wildman–Crippen LogP) is 2.46. The molecule has 1 amide bonds. The number of hydrogen-bond donors (Lipinski definition) is 0. The molecule has 1 aromatic carbocycles. The number of halogens is 1. The Labute approximate surface area is 98.4 Å². The number of benzene rings is 1. The smallest absolute Gasteiger partial charge is 0.254 e. The van der Waals surface area contributed by atoms with Crippen LogP contribution in [0.15, 0.2) is 22.7 Å². The Hall–Kier alpha value is -1.27. The fourth-order valence-corrected chi connectivity index (χ4v) is 1.76. The van der Waals surface area contributed by atoms with Gasteiger partial charge in [-0.3, -0.25) is 4.79 Å². The minimum atomic E-state index is -0.0436. The van der Waals surface area contributed by atoms with Crippen LogP contribution in [0.3, 0.4) is 0 Å². The quantitative estimate of drug-likeness (QED) is 0.753. The number of aryl methyl sites for hydroxylation is 1. The normalized spacial score (nSPS) is 9.47. The summed E-state index contributed by atoms with van der Waals surface area (Å²) in [6, 6.07) is 5.57. The third-order valence-electron chi connectivity index (χ3n) is 2.09. The largest absolute Gasteiger partial charge is 0.331 e. The van der Waals surface area contributed by atoms with Gasteiger partial charge in [-0.05, 0) is 30.7 Å². The lowest BCUT2D eigenvalue weighted by Gasteiger charge is -2.15. The summed E-state index contributed by atoms with van der Waals surface area (Å²) in [6.07, 6.45) is 5.16. The maximum atomic E-state index is 11.9. The molecule has 0 aliphatic heterocycles. The molecule has 0 heterocycles. The number of nitrogens with zero attached hydrogens (tertiary/aromatic N) is 1. The summed E-state index contributed by atoms with van der Waals surface area (Å²) < 4.78 is 0.969. The Morgan fingerprint density at radius 1 is 1.60 bits per heavy atom. The van der Waals surface area contributed by atoms with Crippen LogP contribution in [-0.2, 0) is 0 Å². The fraction of sp³-hybridized carbons (Fsp3) is 0.250. The Kier molecular flexibility index (Phi) is 3.93. The molecule has 0 radical (unpaired) electrons. The molecule has 0 aliphatic carbocycles. The molecular weight excluding hydrogens is 254 g/mol. The lowest BCUT2D eigenvalue weighted by atomic mass is 10.1. The van der Waals surface area contributed by atoms with E-state index in [0.717, 1.165) is 10.0 Å². The van der Waals surface area contributed by atoms with Crippen LogP contribution in [0, 0.1) is 19.3 Å². The van der Waals surface area contributed by atoms with E-state index in [1.807, 2.05) is 19.1 Å². The molecule has 0 saturated carbocycles. The summed E-state index contributed by atoms with van der Waals surface area (Å²) >= 11 is 3.36. The summed E-state index contributed by atoms with van der Waals surface area (Å²) in [5.74, 6) is 2.40. The van der Waals surface area contributed by atoms with E-state index >= 15 is 0 Å². The molecule has 3 heteroatoms. The van der Waals surface area contributed by atoms with Crippen molar-refractivity contribution in [2.24, 2.45) is 0 Å². The second-order valence-corrected chi connectivity index (χ2v) is 4.24. The van der Waals surface area contributed by atoms with E-state index < -0.39 is 0 Å². The summed E-state index contributed by atoms with van der Waals surface area (Å²) in [7, 11) is 1.70. The van der Waals surface area contributed by atoms with Crippen LogP contribution >= 0.6 is 15.9 Å². The van der Waals surface area contributed by atoms with Crippen molar-refractivity contribution in [1.29, 1.82) is 0 Å². The summed E-state index contributed by atoms with van der Waals surface area (Å²) in [5.41, 5.74) is 1.63. The first kappa shape index (κ1) is 11.8. The van der Waals surface area contributed by atoms with Gasteiger partial charge in [-0.2, -0.15) is 0 Å². The third kappa shape index (κ3) is 2.84. The molecule has 0 atom stereocenters. The molecule has 0 N–H and O–H groups in total. The van der Waals surface area contributed by atoms with Gasteiger partial charge >= 0.3 is 0 Å². The molecule has 1 aromatic rings.